The van der Waals surface area contributed by atoms with Crippen LogP contribution in [0.25, 0.3) is 32.8 Å². The molecule has 0 aliphatic carbocycles. The van der Waals surface area contributed by atoms with Gasteiger partial charge in [0.15, 0.2) is 5.82 Å². The van der Waals surface area contributed by atoms with Crippen molar-refractivity contribution in [3.63, 3.8) is 0 Å². The van der Waals surface area contributed by atoms with E-state index in [0.717, 1.165) is 50.4 Å². The van der Waals surface area contributed by atoms with E-state index in [-0.39, 0.29) is 29.2 Å². The van der Waals surface area contributed by atoms with Crippen LogP contribution in [0.3, 0.4) is 0 Å². The summed E-state index contributed by atoms with van der Waals surface area (Å²) in [5.74, 6) is 1.96. The lowest BCUT2D eigenvalue weighted by molar-refractivity contribution is 0.287. The maximum atomic E-state index is 17.0. The summed E-state index contributed by atoms with van der Waals surface area (Å²) in [5, 5.41) is 15.9. The van der Waals surface area contributed by atoms with Crippen LogP contribution in [0, 0.1) is 30.9 Å². The van der Waals surface area contributed by atoms with Crippen molar-refractivity contribution in [1.82, 2.24) is 20.3 Å². The van der Waals surface area contributed by atoms with E-state index < -0.39 is 11.6 Å². The van der Waals surface area contributed by atoms with Gasteiger partial charge in [-0.15, -0.1) is 6.42 Å². The molecule has 2 bridgehead atoms. The summed E-state index contributed by atoms with van der Waals surface area (Å²) < 4.78 is 38.2. The van der Waals surface area contributed by atoms with Gasteiger partial charge in [0.1, 0.15) is 29.7 Å². The molecule has 0 amide bonds. The number of aryl methyl sites for hydroxylation is 1. The highest BCUT2D eigenvalue weighted by atomic mass is 19.1. The van der Waals surface area contributed by atoms with Crippen LogP contribution < -0.4 is 19.9 Å². The van der Waals surface area contributed by atoms with Crippen LogP contribution in [-0.2, 0) is 6.61 Å². The molecule has 10 heteroatoms. The maximum Gasteiger partial charge on any atom is 0.219 e. The average molecular weight is 633 g/mol. The summed E-state index contributed by atoms with van der Waals surface area (Å²) >= 11 is 0. The number of piperazine rings is 1. The van der Waals surface area contributed by atoms with Crippen molar-refractivity contribution >= 4 is 33.1 Å². The normalized spacial score (nSPS) is 19.1. The Morgan fingerprint density at radius 1 is 1.00 bits per heavy atom. The zero-order valence-corrected chi connectivity index (χ0v) is 26.1. The van der Waals surface area contributed by atoms with Crippen LogP contribution in [0.4, 0.5) is 20.3 Å². The van der Waals surface area contributed by atoms with Crippen LogP contribution in [0.5, 0.6) is 11.6 Å². The first-order chi connectivity index (χ1) is 22.9. The van der Waals surface area contributed by atoms with Crippen molar-refractivity contribution in [2.24, 2.45) is 0 Å². The van der Waals surface area contributed by atoms with Gasteiger partial charge in [0.2, 0.25) is 5.88 Å². The topological polar surface area (TPSA) is 86.6 Å². The van der Waals surface area contributed by atoms with Crippen molar-refractivity contribution in [2.75, 3.05) is 36.0 Å². The number of rotatable bonds is 6. The zero-order chi connectivity index (χ0) is 32.2. The van der Waals surface area contributed by atoms with Gasteiger partial charge in [-0.2, -0.15) is 4.98 Å². The number of phenolic OH excluding ortho intramolecular Hbond substituents is 1. The quantitative estimate of drug-likeness (QED) is 0.213. The Morgan fingerprint density at radius 2 is 1.79 bits per heavy atom. The lowest BCUT2D eigenvalue weighted by Gasteiger charge is -2.34. The van der Waals surface area contributed by atoms with E-state index in [1.54, 1.807) is 13.1 Å². The highest BCUT2D eigenvalue weighted by molar-refractivity contribution is 6.04. The summed E-state index contributed by atoms with van der Waals surface area (Å²) in [5.41, 5.74) is 2.47. The Kier molecular flexibility index (Phi) is 7.29. The molecule has 6 heterocycles. The van der Waals surface area contributed by atoms with Crippen molar-refractivity contribution < 1.29 is 18.6 Å². The fraction of sp³-hybridized carbons (Fsp3) is 0.324. The molecule has 0 radical (unpaired) electrons. The van der Waals surface area contributed by atoms with Crippen LogP contribution >= 0.6 is 0 Å². The highest BCUT2D eigenvalue weighted by Gasteiger charge is 2.34. The number of fused-ring (bicyclic) bond motifs is 4. The third kappa shape index (κ3) is 5.15. The number of ether oxygens (including phenoxy) is 1. The maximum absolute atomic E-state index is 17.0. The van der Waals surface area contributed by atoms with Crippen molar-refractivity contribution in [2.45, 2.75) is 51.3 Å². The van der Waals surface area contributed by atoms with Gasteiger partial charge in [0, 0.05) is 71.7 Å². The first-order valence-electron chi connectivity index (χ1n) is 16.1. The second-order valence-corrected chi connectivity index (χ2v) is 12.8. The smallest absolute Gasteiger partial charge is 0.219 e. The number of phenols is 1. The zero-order valence-electron chi connectivity index (χ0n) is 26.1. The molecular weight excluding hydrogens is 598 g/mol. The average Bonchev–Trinajstić information content (AvgIpc) is 3.74. The highest BCUT2D eigenvalue weighted by Crippen LogP contribution is 2.41. The molecule has 3 aromatic heterocycles. The Bertz CT molecular complexity index is 2060. The molecule has 3 saturated heterocycles. The number of terminal acetylenes is 1. The molecule has 5 aromatic rings. The standard InChI is InChI=1S/C37H34F2N6O2/c1-3-28-31(38)11-6-22-14-27(46)15-29(33(22)28)35-34(39)32-21(2)37(47-20-25-9-10-26(16-40-25)44-12-4-5-13-44)43-36(30(32)17-41-35)45-18-23-7-8-24(19-45)42-23/h1,6,9-11,14-17,23-24,42,46H,4-5,7-8,12-13,18-20H2,2H3. The molecule has 2 unspecified atom stereocenters. The summed E-state index contributed by atoms with van der Waals surface area (Å²) in [6.07, 6.45) is 13.7. The summed E-state index contributed by atoms with van der Waals surface area (Å²) in [7, 11) is 0. The van der Waals surface area contributed by atoms with Gasteiger partial charge in [-0.3, -0.25) is 9.97 Å². The molecule has 2 aromatic carbocycles. The summed E-state index contributed by atoms with van der Waals surface area (Å²) in [4.78, 5) is 18.7. The molecule has 2 atom stereocenters. The fourth-order valence-electron chi connectivity index (χ4n) is 7.47. The van der Waals surface area contributed by atoms with E-state index in [9.17, 15) is 9.50 Å². The number of hydrogen-bond donors (Lipinski definition) is 2. The number of aromatic hydroxyl groups is 1. The third-order valence-corrected chi connectivity index (χ3v) is 9.77. The van der Waals surface area contributed by atoms with E-state index in [0.29, 0.717) is 50.9 Å². The number of aromatic nitrogens is 3. The van der Waals surface area contributed by atoms with Gasteiger partial charge in [0.05, 0.1) is 23.1 Å². The minimum atomic E-state index is -0.626. The first kappa shape index (κ1) is 29.4. The minimum Gasteiger partial charge on any atom is -0.508 e. The van der Waals surface area contributed by atoms with Crippen LogP contribution in [-0.4, -0.2) is 58.3 Å². The molecule has 0 spiro atoms. The third-order valence-electron chi connectivity index (χ3n) is 9.77. The number of anilines is 2. The molecule has 47 heavy (non-hydrogen) atoms. The Labute approximate surface area is 271 Å². The summed E-state index contributed by atoms with van der Waals surface area (Å²) in [6, 6.07) is 10.3. The molecule has 0 saturated carbocycles. The Morgan fingerprint density at radius 3 is 2.51 bits per heavy atom. The molecule has 2 N–H and O–H groups in total. The van der Waals surface area contributed by atoms with Crippen LogP contribution in [0.15, 0.2) is 48.8 Å². The Balaban J connectivity index is 1.25. The van der Waals surface area contributed by atoms with Crippen LogP contribution in [0.1, 0.15) is 42.5 Å². The first-order valence-corrected chi connectivity index (χ1v) is 16.1. The molecule has 8 nitrogen and oxygen atoms in total. The number of pyridine rings is 3. The Hall–Kier alpha value is -5.01. The number of nitrogens with one attached hydrogen (secondary N) is 1. The predicted molar refractivity (Wildman–Crippen MR) is 179 cm³/mol. The predicted octanol–water partition coefficient (Wildman–Crippen LogP) is 6.24. The van der Waals surface area contributed by atoms with Gasteiger partial charge in [-0.25, -0.2) is 8.78 Å². The number of hydrogen-bond acceptors (Lipinski definition) is 8. The van der Waals surface area contributed by atoms with Gasteiger partial charge in [-0.1, -0.05) is 12.0 Å². The van der Waals surface area contributed by atoms with E-state index >= 15 is 4.39 Å². The largest absolute Gasteiger partial charge is 0.508 e. The second kappa shape index (κ2) is 11.7. The second-order valence-electron chi connectivity index (χ2n) is 12.8. The number of benzene rings is 2. The van der Waals surface area contributed by atoms with E-state index in [2.05, 4.69) is 37.1 Å². The fourth-order valence-corrected chi connectivity index (χ4v) is 7.47. The van der Waals surface area contributed by atoms with E-state index in [4.69, 9.17) is 16.1 Å². The van der Waals surface area contributed by atoms with Crippen molar-refractivity contribution in [3.05, 3.63) is 77.2 Å². The van der Waals surface area contributed by atoms with Crippen molar-refractivity contribution in [1.29, 1.82) is 0 Å². The lowest BCUT2D eigenvalue weighted by Crippen LogP contribution is -2.51. The van der Waals surface area contributed by atoms with Crippen LogP contribution in [0.2, 0.25) is 0 Å². The number of halogens is 2. The van der Waals surface area contributed by atoms with Gasteiger partial charge in [0.25, 0.3) is 0 Å². The number of nitrogens with zero attached hydrogens (tertiary/aromatic N) is 5. The van der Waals surface area contributed by atoms with E-state index in [1.807, 2.05) is 12.3 Å². The minimum absolute atomic E-state index is 0.0190. The van der Waals surface area contributed by atoms with Crippen molar-refractivity contribution in [3.8, 4) is 35.2 Å². The summed E-state index contributed by atoms with van der Waals surface area (Å²) in [6.45, 7) is 5.47. The molecule has 3 aliphatic rings. The molecule has 238 valence electrons. The van der Waals surface area contributed by atoms with Gasteiger partial charge in [-0.05, 0) is 68.3 Å². The van der Waals surface area contributed by atoms with Gasteiger partial charge < -0.3 is 25.0 Å². The van der Waals surface area contributed by atoms with E-state index in [1.165, 1.54) is 37.1 Å². The SMILES string of the molecule is C#Cc1c(F)ccc2cc(O)cc(-c3ncc4c(N5CC6CCC(C5)N6)nc(OCc5ccc(N6CCCC6)cn5)c(C)c4c3F)c12. The molecule has 3 aliphatic heterocycles. The molecular formula is C37H34F2N6O2. The molecule has 8 rings (SSSR count). The molecule has 3 fully saturated rings. The van der Waals surface area contributed by atoms with Gasteiger partial charge >= 0.3 is 0 Å². The lowest BCUT2D eigenvalue weighted by atomic mass is 9.95. The monoisotopic (exact) mass is 632 g/mol.